The zero-order valence-electron chi connectivity index (χ0n) is 7.70. The number of halogens is 1. The van der Waals surface area contributed by atoms with Gasteiger partial charge < -0.3 is 11.5 Å². The molecule has 1 aromatic carbocycles. The van der Waals surface area contributed by atoms with Gasteiger partial charge >= 0.3 is 0 Å². The highest BCUT2D eigenvalue weighted by Crippen LogP contribution is 2.25. The third-order valence-corrected chi connectivity index (χ3v) is 2.54. The zero-order chi connectivity index (χ0) is 9.84. The van der Waals surface area contributed by atoms with Crippen molar-refractivity contribution in [1.82, 2.24) is 0 Å². The fraction of sp³-hybridized carbons (Fsp3) is 0.400. The number of nitrogens with two attached hydrogens (primary N) is 2. The van der Waals surface area contributed by atoms with E-state index in [-0.39, 0.29) is 12.0 Å². The van der Waals surface area contributed by atoms with E-state index in [1.165, 1.54) is 0 Å². The number of hydrogen-bond donors (Lipinski definition) is 2. The molecule has 2 atom stereocenters. The van der Waals surface area contributed by atoms with Gasteiger partial charge in [0, 0.05) is 23.5 Å². The Kier molecular flexibility index (Phi) is 3.72. The quantitative estimate of drug-likeness (QED) is 0.778. The van der Waals surface area contributed by atoms with Gasteiger partial charge in [-0.1, -0.05) is 29.8 Å². The molecule has 0 saturated carbocycles. The molecule has 1 rings (SSSR count). The summed E-state index contributed by atoms with van der Waals surface area (Å²) in [6.07, 6.45) is 0. The van der Waals surface area contributed by atoms with Gasteiger partial charge in [0.05, 0.1) is 0 Å². The van der Waals surface area contributed by atoms with E-state index in [1.54, 1.807) is 0 Å². The summed E-state index contributed by atoms with van der Waals surface area (Å²) in [7, 11) is 0. The van der Waals surface area contributed by atoms with Crippen molar-refractivity contribution < 1.29 is 0 Å². The summed E-state index contributed by atoms with van der Waals surface area (Å²) in [5.41, 5.74) is 12.5. The Balaban J connectivity index is 2.97. The SMILES string of the molecule is CC(N)C(CN)c1ccccc1Cl. The summed E-state index contributed by atoms with van der Waals surface area (Å²) in [5.74, 6) is 0.147. The van der Waals surface area contributed by atoms with Crippen LogP contribution in [0.5, 0.6) is 0 Å². The zero-order valence-corrected chi connectivity index (χ0v) is 8.46. The fourth-order valence-corrected chi connectivity index (χ4v) is 1.68. The van der Waals surface area contributed by atoms with Gasteiger partial charge in [0.15, 0.2) is 0 Å². The first-order valence-electron chi connectivity index (χ1n) is 4.37. The van der Waals surface area contributed by atoms with Gasteiger partial charge in [-0.15, -0.1) is 0 Å². The first-order valence-corrected chi connectivity index (χ1v) is 4.74. The molecule has 0 bridgehead atoms. The van der Waals surface area contributed by atoms with E-state index in [1.807, 2.05) is 31.2 Å². The lowest BCUT2D eigenvalue weighted by Crippen LogP contribution is -2.30. The average molecular weight is 199 g/mol. The molecule has 0 aromatic heterocycles. The first kappa shape index (κ1) is 10.5. The van der Waals surface area contributed by atoms with Gasteiger partial charge in [-0.2, -0.15) is 0 Å². The van der Waals surface area contributed by atoms with Crippen LogP contribution in [0.4, 0.5) is 0 Å². The lowest BCUT2D eigenvalue weighted by Gasteiger charge is -2.20. The van der Waals surface area contributed by atoms with E-state index < -0.39 is 0 Å². The maximum Gasteiger partial charge on any atom is 0.0441 e. The van der Waals surface area contributed by atoms with Gasteiger partial charge in [-0.05, 0) is 18.6 Å². The van der Waals surface area contributed by atoms with Crippen LogP contribution in [-0.4, -0.2) is 12.6 Å². The lowest BCUT2D eigenvalue weighted by atomic mass is 9.93. The summed E-state index contributed by atoms with van der Waals surface area (Å²) >= 11 is 6.03. The molecular formula is C10H15ClN2. The second kappa shape index (κ2) is 4.61. The van der Waals surface area contributed by atoms with Crippen LogP contribution in [0.15, 0.2) is 24.3 Å². The minimum atomic E-state index is 0.0323. The summed E-state index contributed by atoms with van der Waals surface area (Å²) in [6.45, 7) is 2.47. The van der Waals surface area contributed by atoms with Crippen molar-refractivity contribution in [1.29, 1.82) is 0 Å². The second-order valence-electron chi connectivity index (χ2n) is 3.22. The average Bonchev–Trinajstić information content (AvgIpc) is 2.09. The molecule has 0 aliphatic rings. The second-order valence-corrected chi connectivity index (χ2v) is 3.63. The molecule has 0 amide bonds. The van der Waals surface area contributed by atoms with Crippen LogP contribution in [0.25, 0.3) is 0 Å². The molecule has 1 aromatic rings. The predicted molar refractivity (Wildman–Crippen MR) is 56.9 cm³/mol. The normalized spacial score (nSPS) is 15.4. The molecular weight excluding hydrogens is 184 g/mol. The molecule has 13 heavy (non-hydrogen) atoms. The molecule has 0 saturated heterocycles. The van der Waals surface area contributed by atoms with Gasteiger partial charge in [0.25, 0.3) is 0 Å². The highest BCUT2D eigenvalue weighted by atomic mass is 35.5. The molecule has 3 heteroatoms. The maximum atomic E-state index is 6.03. The molecule has 0 spiro atoms. The predicted octanol–water partition coefficient (Wildman–Crippen LogP) is 1.73. The molecule has 0 radical (unpaired) electrons. The molecule has 72 valence electrons. The molecule has 0 aliphatic heterocycles. The smallest absolute Gasteiger partial charge is 0.0441 e. The van der Waals surface area contributed by atoms with E-state index in [9.17, 15) is 0 Å². The Hall–Kier alpha value is -0.570. The number of rotatable bonds is 3. The lowest BCUT2D eigenvalue weighted by molar-refractivity contribution is 0.577. The first-order chi connectivity index (χ1) is 6.16. The third-order valence-electron chi connectivity index (χ3n) is 2.19. The Bertz CT molecular complexity index is 273. The topological polar surface area (TPSA) is 52.0 Å². The summed E-state index contributed by atoms with van der Waals surface area (Å²) in [4.78, 5) is 0. The summed E-state index contributed by atoms with van der Waals surface area (Å²) in [5, 5.41) is 0.746. The minimum Gasteiger partial charge on any atom is -0.330 e. The van der Waals surface area contributed by atoms with Crippen LogP contribution in [0, 0.1) is 0 Å². The van der Waals surface area contributed by atoms with Crippen molar-refractivity contribution in [3.8, 4) is 0 Å². The largest absolute Gasteiger partial charge is 0.330 e. The highest BCUT2D eigenvalue weighted by molar-refractivity contribution is 6.31. The van der Waals surface area contributed by atoms with E-state index >= 15 is 0 Å². The maximum absolute atomic E-state index is 6.03. The van der Waals surface area contributed by atoms with Crippen molar-refractivity contribution in [3.63, 3.8) is 0 Å². The van der Waals surface area contributed by atoms with Crippen molar-refractivity contribution >= 4 is 11.6 Å². The molecule has 0 fully saturated rings. The number of benzene rings is 1. The van der Waals surface area contributed by atoms with Crippen molar-refractivity contribution in [2.75, 3.05) is 6.54 Å². The van der Waals surface area contributed by atoms with E-state index in [0.29, 0.717) is 6.54 Å². The van der Waals surface area contributed by atoms with Gasteiger partial charge in [-0.25, -0.2) is 0 Å². The summed E-state index contributed by atoms with van der Waals surface area (Å²) in [6, 6.07) is 7.72. The third kappa shape index (κ3) is 2.44. The molecule has 4 N–H and O–H groups in total. The van der Waals surface area contributed by atoms with E-state index in [0.717, 1.165) is 10.6 Å². The van der Waals surface area contributed by atoms with Crippen LogP contribution < -0.4 is 11.5 Å². The van der Waals surface area contributed by atoms with Crippen LogP contribution in [-0.2, 0) is 0 Å². The number of hydrogen-bond acceptors (Lipinski definition) is 2. The van der Waals surface area contributed by atoms with Gasteiger partial charge in [0.2, 0.25) is 0 Å². The van der Waals surface area contributed by atoms with Crippen molar-refractivity contribution in [2.24, 2.45) is 11.5 Å². The Labute approximate surface area is 83.9 Å². The minimum absolute atomic E-state index is 0.0323. The molecule has 2 nitrogen and oxygen atoms in total. The van der Waals surface area contributed by atoms with E-state index in [2.05, 4.69) is 0 Å². The van der Waals surface area contributed by atoms with Crippen LogP contribution in [0.1, 0.15) is 18.4 Å². The van der Waals surface area contributed by atoms with Crippen LogP contribution in [0.3, 0.4) is 0 Å². The Morgan fingerprint density at radius 3 is 2.46 bits per heavy atom. The molecule has 0 aliphatic carbocycles. The standard InChI is InChI=1S/C10H15ClN2/c1-7(13)9(6-12)8-4-2-3-5-10(8)11/h2-5,7,9H,6,12-13H2,1H3. The van der Waals surface area contributed by atoms with Crippen LogP contribution >= 0.6 is 11.6 Å². The van der Waals surface area contributed by atoms with Gasteiger partial charge in [0.1, 0.15) is 0 Å². The van der Waals surface area contributed by atoms with Gasteiger partial charge in [-0.3, -0.25) is 0 Å². The summed E-state index contributed by atoms with van der Waals surface area (Å²) < 4.78 is 0. The molecule has 2 unspecified atom stereocenters. The van der Waals surface area contributed by atoms with Crippen molar-refractivity contribution in [3.05, 3.63) is 34.9 Å². The monoisotopic (exact) mass is 198 g/mol. The van der Waals surface area contributed by atoms with Crippen molar-refractivity contribution in [2.45, 2.75) is 18.9 Å². The van der Waals surface area contributed by atoms with E-state index in [4.69, 9.17) is 23.1 Å². The van der Waals surface area contributed by atoms with Crippen LogP contribution in [0.2, 0.25) is 5.02 Å². The highest BCUT2D eigenvalue weighted by Gasteiger charge is 2.16. The Morgan fingerprint density at radius 1 is 1.38 bits per heavy atom. The fourth-order valence-electron chi connectivity index (χ4n) is 1.40. The molecule has 0 heterocycles. The Morgan fingerprint density at radius 2 is 2.00 bits per heavy atom.